The van der Waals surface area contributed by atoms with Crippen LogP contribution in [-0.4, -0.2) is 49.9 Å². The molecule has 0 aliphatic carbocycles. The van der Waals surface area contributed by atoms with E-state index in [4.69, 9.17) is 9.47 Å². The molecule has 0 saturated carbocycles. The first-order valence-electron chi connectivity index (χ1n) is 13.2. The van der Waals surface area contributed by atoms with Crippen LogP contribution in [0, 0.1) is 0 Å². The number of hydrogen-bond acceptors (Lipinski definition) is 6. The van der Waals surface area contributed by atoms with E-state index >= 15 is 0 Å². The topological polar surface area (TPSA) is 135 Å². The number of carbonyl (C=O) groups excluding carboxylic acids is 4. The summed E-state index contributed by atoms with van der Waals surface area (Å²) < 4.78 is 11.2. The van der Waals surface area contributed by atoms with Gasteiger partial charge < -0.3 is 30.7 Å². The second-order valence-electron chi connectivity index (χ2n) is 8.91. The lowest BCUT2D eigenvalue weighted by molar-refractivity contribution is -0.118. The van der Waals surface area contributed by atoms with Crippen molar-refractivity contribution in [3.8, 4) is 11.5 Å². The molecule has 0 heterocycles. The van der Waals surface area contributed by atoms with Crippen molar-refractivity contribution in [3.05, 3.63) is 120 Å². The van der Waals surface area contributed by atoms with Gasteiger partial charge in [0.05, 0.1) is 11.1 Å². The molecule has 0 atom stereocenters. The Morgan fingerprint density at radius 2 is 0.833 bits per heavy atom. The van der Waals surface area contributed by atoms with Crippen LogP contribution in [0.15, 0.2) is 109 Å². The zero-order chi connectivity index (χ0) is 29.6. The number of amides is 4. The summed E-state index contributed by atoms with van der Waals surface area (Å²) in [6, 6.07) is 31.1. The van der Waals surface area contributed by atoms with Gasteiger partial charge in [-0.2, -0.15) is 0 Å². The lowest BCUT2D eigenvalue weighted by atomic mass is 10.2. The van der Waals surface area contributed by atoms with Gasteiger partial charge in [0.25, 0.3) is 23.6 Å². The van der Waals surface area contributed by atoms with Crippen molar-refractivity contribution in [2.75, 3.05) is 36.9 Å². The minimum Gasteiger partial charge on any atom is -0.483 e. The monoisotopic (exact) mass is 566 g/mol. The lowest BCUT2D eigenvalue weighted by Crippen LogP contribution is -2.35. The van der Waals surface area contributed by atoms with Crippen LogP contribution in [0.3, 0.4) is 0 Å². The second-order valence-corrected chi connectivity index (χ2v) is 8.91. The van der Waals surface area contributed by atoms with Crippen LogP contribution in [0.4, 0.5) is 11.4 Å². The summed E-state index contributed by atoms with van der Waals surface area (Å²) in [5.74, 6) is -1.05. The fraction of sp³-hybridized carbons (Fsp3) is 0.125. The van der Waals surface area contributed by atoms with Crippen LogP contribution in [-0.2, 0) is 9.59 Å². The number of benzene rings is 4. The normalized spacial score (nSPS) is 10.2. The van der Waals surface area contributed by atoms with Crippen LogP contribution < -0.4 is 30.7 Å². The molecule has 4 N–H and O–H groups in total. The van der Waals surface area contributed by atoms with Crippen molar-refractivity contribution < 1.29 is 28.7 Å². The predicted molar refractivity (Wildman–Crippen MR) is 159 cm³/mol. The standard InChI is InChI=1S/C32H30N4O6/c37-29(35-23-11-3-1-4-12-23)21-41-27-17-9-7-15-25(27)31(39)33-19-20-34-32(40)26-16-8-10-18-28(26)42-22-30(38)36-24-13-5-2-6-14-24/h1-18H,19-22H2,(H,33,39)(H,34,40)(H,35,37)(H,36,38). The smallest absolute Gasteiger partial charge is 0.262 e. The highest BCUT2D eigenvalue weighted by molar-refractivity contribution is 5.98. The molecule has 10 heteroatoms. The van der Waals surface area contributed by atoms with Gasteiger partial charge in [-0.1, -0.05) is 60.7 Å². The van der Waals surface area contributed by atoms with Crippen molar-refractivity contribution in [2.24, 2.45) is 0 Å². The van der Waals surface area contributed by atoms with Crippen molar-refractivity contribution in [1.82, 2.24) is 10.6 Å². The molecule has 42 heavy (non-hydrogen) atoms. The molecule has 0 aliphatic heterocycles. The van der Waals surface area contributed by atoms with E-state index in [9.17, 15) is 19.2 Å². The maximum Gasteiger partial charge on any atom is 0.262 e. The summed E-state index contributed by atoms with van der Waals surface area (Å²) in [4.78, 5) is 50.0. The summed E-state index contributed by atoms with van der Waals surface area (Å²) in [7, 11) is 0. The van der Waals surface area contributed by atoms with Crippen LogP contribution >= 0.6 is 0 Å². The van der Waals surface area contributed by atoms with Crippen LogP contribution in [0.2, 0.25) is 0 Å². The Morgan fingerprint density at radius 3 is 1.24 bits per heavy atom. The summed E-state index contributed by atoms with van der Waals surface area (Å²) in [5, 5.41) is 10.9. The molecule has 0 bridgehead atoms. The van der Waals surface area contributed by atoms with E-state index in [1.165, 1.54) is 0 Å². The number of ether oxygens (including phenoxy) is 2. The maximum atomic E-state index is 12.8. The Balaban J connectivity index is 1.23. The molecule has 0 fully saturated rings. The van der Waals surface area contributed by atoms with Crippen molar-refractivity contribution in [1.29, 1.82) is 0 Å². The highest BCUT2D eigenvalue weighted by Crippen LogP contribution is 2.19. The highest BCUT2D eigenvalue weighted by Gasteiger charge is 2.15. The summed E-state index contributed by atoms with van der Waals surface area (Å²) in [5.41, 5.74) is 1.79. The molecule has 10 nitrogen and oxygen atoms in total. The van der Waals surface area contributed by atoms with Gasteiger partial charge >= 0.3 is 0 Å². The third kappa shape index (κ3) is 8.95. The van der Waals surface area contributed by atoms with Gasteiger partial charge in [0.15, 0.2) is 13.2 Å². The van der Waals surface area contributed by atoms with Gasteiger partial charge in [0.2, 0.25) is 0 Å². The molecule has 0 unspecified atom stereocenters. The SMILES string of the molecule is O=C(COc1ccccc1C(=O)NCCNC(=O)c1ccccc1OCC(=O)Nc1ccccc1)Nc1ccccc1. The molecule has 0 spiro atoms. The number of anilines is 2. The number of carbonyl (C=O) groups is 4. The van der Waals surface area contributed by atoms with E-state index < -0.39 is 11.8 Å². The molecule has 0 saturated heterocycles. The van der Waals surface area contributed by atoms with Gasteiger partial charge in [0.1, 0.15) is 11.5 Å². The van der Waals surface area contributed by atoms with E-state index in [1.807, 2.05) is 12.1 Å². The third-order valence-electron chi connectivity index (χ3n) is 5.79. The highest BCUT2D eigenvalue weighted by atomic mass is 16.5. The van der Waals surface area contributed by atoms with Gasteiger partial charge in [-0.25, -0.2) is 0 Å². The molecule has 0 aliphatic rings. The van der Waals surface area contributed by atoms with Crippen molar-refractivity contribution >= 4 is 35.0 Å². The Kier molecular flexibility index (Phi) is 10.6. The predicted octanol–water partition coefficient (Wildman–Crippen LogP) is 3.88. The first kappa shape index (κ1) is 29.3. The zero-order valence-corrected chi connectivity index (χ0v) is 22.7. The van der Waals surface area contributed by atoms with Gasteiger partial charge in [0, 0.05) is 24.5 Å². The molecule has 4 aromatic carbocycles. The maximum absolute atomic E-state index is 12.8. The van der Waals surface area contributed by atoms with Crippen molar-refractivity contribution in [2.45, 2.75) is 0 Å². The van der Waals surface area contributed by atoms with Crippen LogP contribution in [0.25, 0.3) is 0 Å². The average Bonchev–Trinajstić information content (AvgIpc) is 3.02. The molecule has 214 valence electrons. The number of para-hydroxylation sites is 4. The number of hydrogen-bond donors (Lipinski definition) is 4. The van der Waals surface area contributed by atoms with Crippen molar-refractivity contribution in [3.63, 3.8) is 0 Å². The molecular formula is C32H30N4O6. The number of rotatable bonds is 13. The minimum atomic E-state index is -0.420. The quantitative estimate of drug-likeness (QED) is 0.182. The molecule has 0 radical (unpaired) electrons. The molecular weight excluding hydrogens is 536 g/mol. The van der Waals surface area contributed by atoms with E-state index in [-0.39, 0.29) is 60.7 Å². The van der Waals surface area contributed by atoms with E-state index in [1.54, 1.807) is 97.1 Å². The third-order valence-corrected chi connectivity index (χ3v) is 5.79. The Bertz CT molecular complexity index is 1400. The lowest BCUT2D eigenvalue weighted by Gasteiger charge is -2.13. The Labute approximate surface area is 243 Å². The summed E-state index contributed by atoms with van der Waals surface area (Å²) in [6.45, 7) is -0.277. The Morgan fingerprint density at radius 1 is 0.476 bits per heavy atom. The van der Waals surface area contributed by atoms with E-state index in [2.05, 4.69) is 21.3 Å². The number of nitrogens with one attached hydrogen (secondary N) is 4. The first-order chi connectivity index (χ1) is 20.5. The van der Waals surface area contributed by atoms with Gasteiger partial charge in [-0.05, 0) is 48.5 Å². The molecule has 0 aromatic heterocycles. The van der Waals surface area contributed by atoms with Gasteiger partial charge in [-0.3, -0.25) is 19.2 Å². The largest absolute Gasteiger partial charge is 0.483 e. The first-order valence-corrected chi connectivity index (χ1v) is 13.2. The van der Waals surface area contributed by atoms with Crippen LogP contribution in [0.5, 0.6) is 11.5 Å². The average molecular weight is 567 g/mol. The molecule has 4 aromatic rings. The Hall–Kier alpha value is -5.64. The summed E-state index contributed by atoms with van der Waals surface area (Å²) in [6.07, 6.45) is 0. The van der Waals surface area contributed by atoms with E-state index in [0.29, 0.717) is 11.4 Å². The summed E-state index contributed by atoms with van der Waals surface area (Å²) >= 11 is 0. The fourth-order valence-electron chi connectivity index (χ4n) is 3.83. The molecule has 4 rings (SSSR count). The minimum absolute atomic E-state index is 0.135. The zero-order valence-electron chi connectivity index (χ0n) is 22.7. The van der Waals surface area contributed by atoms with Crippen LogP contribution in [0.1, 0.15) is 20.7 Å². The fourth-order valence-corrected chi connectivity index (χ4v) is 3.83. The van der Waals surface area contributed by atoms with E-state index in [0.717, 1.165) is 0 Å². The van der Waals surface area contributed by atoms with Gasteiger partial charge in [-0.15, -0.1) is 0 Å². The molecule has 4 amide bonds. The second kappa shape index (κ2) is 15.2.